The number of hydrogen-bond acceptors (Lipinski definition) is 3. The number of nitrogens with one attached hydrogen (secondary N) is 2. The molecular formula is C15H17F3N4O2. The van der Waals surface area contributed by atoms with Crippen molar-refractivity contribution in [2.24, 2.45) is 7.05 Å². The number of hydrogen-bond donors (Lipinski definition) is 2. The number of halogens is 3. The molecule has 0 saturated carbocycles. The molecule has 0 aliphatic carbocycles. The number of amides is 1. The number of carbonyl (C=O) groups is 1. The smallest absolute Gasteiger partial charge is 0.346 e. The van der Waals surface area contributed by atoms with E-state index in [-0.39, 0.29) is 12.2 Å². The highest BCUT2D eigenvalue weighted by atomic mass is 19.4. The van der Waals surface area contributed by atoms with E-state index < -0.39 is 30.2 Å². The molecule has 0 bridgehead atoms. The highest BCUT2D eigenvalue weighted by molar-refractivity contribution is 5.90. The van der Waals surface area contributed by atoms with Crippen molar-refractivity contribution in [2.45, 2.75) is 31.5 Å². The van der Waals surface area contributed by atoms with Crippen molar-refractivity contribution in [3.8, 4) is 0 Å². The van der Waals surface area contributed by atoms with E-state index >= 15 is 0 Å². The summed E-state index contributed by atoms with van der Waals surface area (Å²) in [6, 6.07) is 7.92. The van der Waals surface area contributed by atoms with Crippen LogP contribution in [0.3, 0.4) is 0 Å². The summed E-state index contributed by atoms with van der Waals surface area (Å²) in [4.78, 5) is 25.4. The monoisotopic (exact) mass is 342 g/mol. The zero-order chi connectivity index (χ0) is 17.7. The number of aryl methyl sites for hydroxylation is 2. The Balaban J connectivity index is 2.05. The lowest BCUT2D eigenvalue weighted by molar-refractivity contribution is -0.139. The molecule has 130 valence electrons. The molecule has 1 heterocycles. The van der Waals surface area contributed by atoms with E-state index in [9.17, 15) is 22.8 Å². The van der Waals surface area contributed by atoms with Gasteiger partial charge in [0.15, 0.2) is 0 Å². The standard InChI is InChI=1S/C15H17F3N4O2/c1-22-14(24)20-12(21-22)13(23)19-11(9-15(16,17)18)8-7-10-5-3-2-4-6-10/h2-6,11H,7-9H2,1H3,(H,19,23)(H,20,21,24). The molecule has 2 N–H and O–H groups in total. The summed E-state index contributed by atoms with van der Waals surface area (Å²) in [5, 5.41) is 5.93. The molecule has 0 aliphatic heterocycles. The zero-order valence-corrected chi connectivity index (χ0v) is 12.9. The molecule has 0 radical (unpaired) electrons. The first-order valence-electron chi connectivity index (χ1n) is 7.29. The molecule has 2 rings (SSSR count). The van der Waals surface area contributed by atoms with Crippen molar-refractivity contribution in [2.75, 3.05) is 0 Å². The fraction of sp³-hybridized carbons (Fsp3) is 0.400. The average Bonchev–Trinajstić information content (AvgIpc) is 2.84. The molecule has 1 aromatic carbocycles. The predicted octanol–water partition coefficient (Wildman–Crippen LogP) is 1.79. The summed E-state index contributed by atoms with van der Waals surface area (Å²) in [6.07, 6.45) is -5.05. The van der Waals surface area contributed by atoms with Gasteiger partial charge in [-0.1, -0.05) is 30.3 Å². The topological polar surface area (TPSA) is 79.8 Å². The summed E-state index contributed by atoms with van der Waals surface area (Å²) in [5.74, 6) is -1.15. The maximum atomic E-state index is 12.7. The third kappa shape index (κ3) is 5.25. The van der Waals surface area contributed by atoms with Crippen LogP contribution in [0.1, 0.15) is 29.0 Å². The van der Waals surface area contributed by atoms with Crippen molar-refractivity contribution in [3.05, 3.63) is 52.2 Å². The van der Waals surface area contributed by atoms with E-state index in [1.165, 1.54) is 7.05 Å². The van der Waals surface area contributed by atoms with Gasteiger partial charge in [-0.05, 0) is 18.4 Å². The predicted molar refractivity (Wildman–Crippen MR) is 80.5 cm³/mol. The van der Waals surface area contributed by atoms with E-state index in [1.807, 2.05) is 18.2 Å². The van der Waals surface area contributed by atoms with Crippen molar-refractivity contribution < 1.29 is 18.0 Å². The molecular weight excluding hydrogens is 325 g/mol. The minimum atomic E-state index is -4.41. The molecule has 1 amide bonds. The van der Waals surface area contributed by atoms with E-state index in [1.54, 1.807) is 12.1 Å². The molecule has 6 nitrogen and oxygen atoms in total. The van der Waals surface area contributed by atoms with Gasteiger partial charge >= 0.3 is 11.9 Å². The van der Waals surface area contributed by atoms with Crippen molar-refractivity contribution >= 4 is 5.91 Å². The first-order valence-corrected chi connectivity index (χ1v) is 7.29. The summed E-state index contributed by atoms with van der Waals surface area (Å²) in [5.41, 5.74) is 0.266. The van der Waals surface area contributed by atoms with Crippen LogP contribution in [-0.2, 0) is 13.5 Å². The molecule has 9 heteroatoms. The number of H-pyrrole nitrogens is 1. The Bertz CT molecular complexity index is 737. The highest BCUT2D eigenvalue weighted by Gasteiger charge is 2.33. The third-order valence-electron chi connectivity index (χ3n) is 3.42. The highest BCUT2D eigenvalue weighted by Crippen LogP contribution is 2.23. The molecule has 24 heavy (non-hydrogen) atoms. The Hall–Kier alpha value is -2.58. The number of carbonyl (C=O) groups excluding carboxylic acids is 1. The van der Waals surface area contributed by atoms with Crippen LogP contribution in [0.25, 0.3) is 0 Å². The maximum absolute atomic E-state index is 12.7. The van der Waals surface area contributed by atoms with Gasteiger partial charge in [-0.25, -0.2) is 9.48 Å². The fourth-order valence-electron chi connectivity index (χ4n) is 2.25. The Morgan fingerprint density at radius 3 is 2.54 bits per heavy atom. The average molecular weight is 342 g/mol. The van der Waals surface area contributed by atoms with Crippen LogP contribution < -0.4 is 11.0 Å². The molecule has 2 aromatic rings. The summed E-state index contributed by atoms with van der Waals surface area (Å²) in [6.45, 7) is 0. The quantitative estimate of drug-likeness (QED) is 0.840. The van der Waals surface area contributed by atoms with Gasteiger partial charge in [0.1, 0.15) is 0 Å². The SMILES string of the molecule is Cn1nc(C(=O)NC(CCc2ccccc2)CC(F)(F)F)[nH]c1=O. The lowest BCUT2D eigenvalue weighted by Gasteiger charge is -2.19. The number of nitrogens with zero attached hydrogens (tertiary/aromatic N) is 2. The molecule has 1 unspecified atom stereocenters. The Morgan fingerprint density at radius 1 is 1.33 bits per heavy atom. The molecule has 0 fully saturated rings. The number of rotatable bonds is 6. The van der Waals surface area contributed by atoms with Crippen LogP contribution in [-0.4, -0.2) is 32.9 Å². The van der Waals surface area contributed by atoms with Gasteiger partial charge in [0.2, 0.25) is 5.82 Å². The van der Waals surface area contributed by atoms with Crippen LogP contribution in [0, 0.1) is 0 Å². The molecule has 1 aromatic heterocycles. The Kier molecular flexibility index (Phi) is 5.42. The minimum absolute atomic E-state index is 0.117. The van der Waals surface area contributed by atoms with Crippen molar-refractivity contribution in [1.82, 2.24) is 20.1 Å². The summed E-state index contributed by atoms with van der Waals surface area (Å²) in [7, 11) is 1.33. The van der Waals surface area contributed by atoms with Crippen molar-refractivity contribution in [1.29, 1.82) is 0 Å². The number of aromatic amines is 1. The first-order chi connectivity index (χ1) is 11.2. The second kappa shape index (κ2) is 7.33. The summed E-state index contributed by atoms with van der Waals surface area (Å²) < 4.78 is 39.1. The third-order valence-corrected chi connectivity index (χ3v) is 3.42. The van der Waals surface area contributed by atoms with Crippen LogP contribution in [0.4, 0.5) is 13.2 Å². The minimum Gasteiger partial charge on any atom is -0.346 e. The van der Waals surface area contributed by atoms with E-state index in [0.717, 1.165) is 10.2 Å². The van der Waals surface area contributed by atoms with Gasteiger partial charge in [-0.3, -0.25) is 9.78 Å². The lowest BCUT2D eigenvalue weighted by atomic mass is 10.0. The maximum Gasteiger partial charge on any atom is 0.391 e. The second-order valence-corrected chi connectivity index (χ2v) is 5.42. The van der Waals surface area contributed by atoms with Gasteiger partial charge in [0.05, 0.1) is 6.42 Å². The van der Waals surface area contributed by atoms with Gasteiger partial charge in [-0.2, -0.15) is 13.2 Å². The summed E-state index contributed by atoms with van der Waals surface area (Å²) >= 11 is 0. The van der Waals surface area contributed by atoms with Crippen LogP contribution in [0.5, 0.6) is 0 Å². The molecule has 0 aliphatic rings. The van der Waals surface area contributed by atoms with Gasteiger partial charge < -0.3 is 5.32 Å². The number of alkyl halides is 3. The van der Waals surface area contributed by atoms with Crippen LogP contribution in [0.2, 0.25) is 0 Å². The molecule has 1 atom stereocenters. The first kappa shape index (κ1) is 17.8. The van der Waals surface area contributed by atoms with E-state index in [4.69, 9.17) is 0 Å². The molecule has 0 spiro atoms. The largest absolute Gasteiger partial charge is 0.391 e. The van der Waals surface area contributed by atoms with E-state index in [0.29, 0.717) is 6.42 Å². The lowest BCUT2D eigenvalue weighted by Crippen LogP contribution is -2.39. The Labute approximate surface area is 135 Å². The fourth-order valence-corrected chi connectivity index (χ4v) is 2.25. The normalized spacial score (nSPS) is 12.8. The second-order valence-electron chi connectivity index (χ2n) is 5.42. The van der Waals surface area contributed by atoms with Gasteiger partial charge in [0.25, 0.3) is 5.91 Å². The van der Waals surface area contributed by atoms with Crippen LogP contribution in [0.15, 0.2) is 35.1 Å². The zero-order valence-electron chi connectivity index (χ0n) is 12.9. The van der Waals surface area contributed by atoms with Gasteiger partial charge in [0, 0.05) is 13.1 Å². The van der Waals surface area contributed by atoms with Gasteiger partial charge in [-0.15, -0.1) is 5.10 Å². The Morgan fingerprint density at radius 2 is 2.00 bits per heavy atom. The van der Waals surface area contributed by atoms with Crippen molar-refractivity contribution in [3.63, 3.8) is 0 Å². The molecule has 0 saturated heterocycles. The van der Waals surface area contributed by atoms with Crippen LogP contribution >= 0.6 is 0 Å². The number of aromatic nitrogens is 3. The van der Waals surface area contributed by atoms with E-state index in [2.05, 4.69) is 15.4 Å². The number of benzene rings is 1.